The van der Waals surface area contributed by atoms with E-state index in [2.05, 4.69) is 0 Å². The Labute approximate surface area is 154 Å². The van der Waals surface area contributed by atoms with Gasteiger partial charge in [-0.05, 0) is 51.7 Å². The summed E-state index contributed by atoms with van der Waals surface area (Å²) in [4.78, 5) is 14.2. The van der Waals surface area contributed by atoms with Crippen LogP contribution in [0.3, 0.4) is 0 Å². The molecule has 0 N–H and O–H groups in total. The Hall–Kier alpha value is -1.47. The number of hydrogen-bond donors (Lipinski definition) is 0. The van der Waals surface area contributed by atoms with Crippen molar-refractivity contribution in [3.63, 3.8) is 0 Å². The summed E-state index contributed by atoms with van der Waals surface area (Å²) in [5.41, 5.74) is 1.32. The highest BCUT2D eigenvalue weighted by Gasteiger charge is 2.51. The highest BCUT2D eigenvalue weighted by atomic mass is 19.3. The molecule has 1 amide bonds. The van der Waals surface area contributed by atoms with E-state index in [1.807, 2.05) is 46.8 Å². The maximum Gasteiger partial charge on any atom is 0.494 e. The molecule has 1 aromatic carbocycles. The van der Waals surface area contributed by atoms with Crippen LogP contribution in [0, 0.1) is 6.92 Å². The summed E-state index contributed by atoms with van der Waals surface area (Å²) in [5.74, 6) is -2.86. The minimum atomic E-state index is -2.66. The van der Waals surface area contributed by atoms with E-state index in [1.54, 1.807) is 6.07 Å². The Balaban J connectivity index is 1.75. The van der Waals surface area contributed by atoms with Gasteiger partial charge in [0.15, 0.2) is 0 Å². The normalized spacial score (nSPS) is 24.0. The van der Waals surface area contributed by atoms with Crippen molar-refractivity contribution in [2.24, 2.45) is 0 Å². The molecule has 2 aliphatic rings. The first kappa shape index (κ1) is 19.3. The molecule has 0 aromatic heterocycles. The molecule has 7 heteroatoms. The molecule has 1 aromatic rings. The number of amides is 1. The van der Waals surface area contributed by atoms with Gasteiger partial charge in [-0.3, -0.25) is 4.79 Å². The fraction of sp³-hybridized carbons (Fsp3) is 0.632. The zero-order chi connectivity index (χ0) is 19.3. The van der Waals surface area contributed by atoms with Crippen LogP contribution < -0.4 is 5.46 Å². The summed E-state index contributed by atoms with van der Waals surface area (Å²) in [5, 5.41) is 0. The van der Waals surface area contributed by atoms with Gasteiger partial charge in [0.2, 0.25) is 0 Å². The van der Waals surface area contributed by atoms with Crippen LogP contribution in [-0.2, 0) is 9.31 Å². The number of likely N-dealkylation sites (tertiary alicyclic amines) is 1. The molecular formula is C19H26BF2NO3. The zero-order valence-electron chi connectivity index (χ0n) is 16.1. The van der Waals surface area contributed by atoms with Crippen LogP contribution in [0.2, 0.25) is 0 Å². The van der Waals surface area contributed by atoms with Crippen LogP contribution in [0.1, 0.15) is 56.5 Å². The highest BCUT2D eigenvalue weighted by Crippen LogP contribution is 2.36. The molecule has 0 bridgehead atoms. The molecule has 4 nitrogen and oxygen atoms in total. The van der Waals surface area contributed by atoms with Gasteiger partial charge in [0.1, 0.15) is 0 Å². The van der Waals surface area contributed by atoms with Crippen LogP contribution in [0.15, 0.2) is 18.2 Å². The molecule has 26 heavy (non-hydrogen) atoms. The Bertz CT molecular complexity index is 695. The first-order valence-corrected chi connectivity index (χ1v) is 9.05. The van der Waals surface area contributed by atoms with Crippen LogP contribution in [0.25, 0.3) is 0 Å². The van der Waals surface area contributed by atoms with Crippen molar-refractivity contribution < 1.29 is 22.9 Å². The van der Waals surface area contributed by atoms with E-state index >= 15 is 0 Å². The molecule has 0 aliphatic carbocycles. The summed E-state index contributed by atoms with van der Waals surface area (Å²) < 4.78 is 38.7. The average Bonchev–Trinajstić information content (AvgIpc) is 2.75. The summed E-state index contributed by atoms with van der Waals surface area (Å²) >= 11 is 0. The van der Waals surface area contributed by atoms with Crippen molar-refractivity contribution in [2.45, 2.75) is 64.6 Å². The quantitative estimate of drug-likeness (QED) is 0.756. The van der Waals surface area contributed by atoms with Gasteiger partial charge in [-0.1, -0.05) is 12.1 Å². The van der Waals surface area contributed by atoms with Crippen molar-refractivity contribution in [3.05, 3.63) is 29.3 Å². The fourth-order valence-electron chi connectivity index (χ4n) is 3.26. The third-order valence-corrected chi connectivity index (χ3v) is 5.79. The number of hydrogen-bond acceptors (Lipinski definition) is 3. The predicted octanol–water partition coefficient (Wildman–Crippen LogP) is 3.17. The zero-order valence-corrected chi connectivity index (χ0v) is 16.1. The van der Waals surface area contributed by atoms with Gasteiger partial charge in [0.05, 0.1) is 11.2 Å². The lowest BCUT2D eigenvalue weighted by Gasteiger charge is -2.32. The van der Waals surface area contributed by atoms with Crippen LogP contribution in [-0.4, -0.2) is 48.1 Å². The van der Waals surface area contributed by atoms with Crippen molar-refractivity contribution in [1.82, 2.24) is 4.90 Å². The lowest BCUT2D eigenvalue weighted by molar-refractivity contribution is -0.0494. The van der Waals surface area contributed by atoms with E-state index in [4.69, 9.17) is 9.31 Å². The lowest BCUT2D eigenvalue weighted by atomic mass is 9.77. The predicted molar refractivity (Wildman–Crippen MR) is 97.0 cm³/mol. The molecule has 2 fully saturated rings. The third kappa shape index (κ3) is 3.51. The van der Waals surface area contributed by atoms with Crippen LogP contribution >= 0.6 is 0 Å². The van der Waals surface area contributed by atoms with E-state index < -0.39 is 24.2 Å². The number of carbonyl (C=O) groups excluding carboxylic acids is 1. The number of carbonyl (C=O) groups is 1. The topological polar surface area (TPSA) is 38.8 Å². The molecule has 0 atom stereocenters. The number of halogens is 2. The number of alkyl halides is 2. The van der Waals surface area contributed by atoms with E-state index in [1.165, 1.54) is 4.90 Å². The Morgan fingerprint density at radius 3 is 2.12 bits per heavy atom. The third-order valence-electron chi connectivity index (χ3n) is 5.79. The first-order valence-electron chi connectivity index (χ1n) is 9.05. The Morgan fingerprint density at radius 1 is 1.08 bits per heavy atom. The second-order valence-electron chi connectivity index (χ2n) is 8.31. The monoisotopic (exact) mass is 365 g/mol. The number of aryl methyl sites for hydroxylation is 1. The van der Waals surface area contributed by atoms with Gasteiger partial charge in [-0.15, -0.1) is 0 Å². The van der Waals surface area contributed by atoms with Crippen molar-refractivity contribution in [3.8, 4) is 0 Å². The van der Waals surface area contributed by atoms with Crippen molar-refractivity contribution in [2.75, 3.05) is 13.1 Å². The molecule has 2 heterocycles. The van der Waals surface area contributed by atoms with Crippen LogP contribution in [0.5, 0.6) is 0 Å². The Kier molecular flexibility index (Phi) is 4.68. The summed E-state index contributed by atoms with van der Waals surface area (Å²) in [6.45, 7) is 9.98. The minimum Gasteiger partial charge on any atom is -0.399 e. The molecule has 0 saturated carbocycles. The highest BCUT2D eigenvalue weighted by molar-refractivity contribution is 6.62. The maximum absolute atomic E-state index is 13.3. The second-order valence-corrected chi connectivity index (χ2v) is 8.31. The van der Waals surface area contributed by atoms with Gasteiger partial charge < -0.3 is 14.2 Å². The summed E-state index contributed by atoms with van der Waals surface area (Å²) in [7, 11) is -0.489. The number of piperidine rings is 1. The van der Waals surface area contributed by atoms with Crippen molar-refractivity contribution >= 4 is 18.5 Å². The number of benzene rings is 1. The van der Waals surface area contributed by atoms with Gasteiger partial charge in [-0.25, -0.2) is 8.78 Å². The minimum absolute atomic E-state index is 0.0876. The van der Waals surface area contributed by atoms with Crippen molar-refractivity contribution in [1.29, 1.82) is 0 Å². The molecule has 2 aliphatic heterocycles. The van der Waals surface area contributed by atoms with Crippen LogP contribution in [0.4, 0.5) is 8.78 Å². The van der Waals surface area contributed by atoms with Gasteiger partial charge in [0, 0.05) is 31.5 Å². The molecule has 0 unspecified atom stereocenters. The first-order chi connectivity index (χ1) is 11.9. The fourth-order valence-corrected chi connectivity index (χ4v) is 3.26. The van der Waals surface area contributed by atoms with Gasteiger partial charge in [0.25, 0.3) is 11.8 Å². The second kappa shape index (κ2) is 6.31. The summed E-state index contributed by atoms with van der Waals surface area (Å²) in [6, 6.07) is 5.44. The molecule has 2 saturated heterocycles. The van der Waals surface area contributed by atoms with E-state index in [9.17, 15) is 13.6 Å². The SMILES string of the molecule is Cc1cc(B2OC(C)(C)C(C)(C)O2)ccc1C(=O)N1CCC(F)(F)CC1. The number of nitrogens with zero attached hydrogens (tertiary/aromatic N) is 1. The Morgan fingerprint density at radius 2 is 1.62 bits per heavy atom. The van der Waals surface area contributed by atoms with E-state index in [0.29, 0.717) is 5.56 Å². The average molecular weight is 365 g/mol. The molecule has 0 radical (unpaired) electrons. The smallest absolute Gasteiger partial charge is 0.399 e. The lowest BCUT2D eigenvalue weighted by Crippen LogP contribution is -2.43. The summed E-state index contributed by atoms with van der Waals surface area (Å²) in [6.07, 6.45) is -0.548. The number of rotatable bonds is 2. The molecule has 3 rings (SSSR count). The van der Waals surface area contributed by atoms with E-state index in [0.717, 1.165) is 11.0 Å². The van der Waals surface area contributed by atoms with E-state index in [-0.39, 0.29) is 31.8 Å². The largest absolute Gasteiger partial charge is 0.494 e. The van der Waals surface area contributed by atoms with Gasteiger partial charge in [-0.2, -0.15) is 0 Å². The molecule has 142 valence electrons. The standard InChI is InChI=1S/C19H26BF2NO3/c1-13-12-14(20-25-17(2,3)18(4,5)26-20)6-7-15(13)16(24)23-10-8-19(21,22)9-11-23/h6-7,12H,8-11H2,1-5H3. The molecule has 0 spiro atoms. The molecular weight excluding hydrogens is 339 g/mol. The maximum atomic E-state index is 13.3. The van der Waals surface area contributed by atoms with Gasteiger partial charge >= 0.3 is 7.12 Å².